The molecule has 0 aliphatic carbocycles. The number of fused-ring (bicyclic) bond motifs is 1. The second kappa shape index (κ2) is 2.42. The molecule has 0 saturated carbocycles. The molecule has 0 fully saturated rings. The maximum absolute atomic E-state index is 4.14. The molecule has 0 unspecified atom stereocenters. The molecule has 2 heterocycles. The summed E-state index contributed by atoms with van der Waals surface area (Å²) in [7, 11) is 0. The van der Waals surface area contributed by atoms with Crippen molar-refractivity contribution in [3.63, 3.8) is 0 Å². The zero-order valence-electron chi connectivity index (χ0n) is 6.52. The number of nitrogens with zero attached hydrogens (tertiary/aromatic N) is 1. The van der Waals surface area contributed by atoms with Gasteiger partial charge in [-0.15, -0.1) is 0 Å². The molecule has 1 aromatic heterocycles. The van der Waals surface area contributed by atoms with E-state index >= 15 is 0 Å². The number of anilines is 1. The van der Waals surface area contributed by atoms with Gasteiger partial charge in [0.2, 0.25) is 0 Å². The summed E-state index contributed by atoms with van der Waals surface area (Å²) in [5.74, 6) is 1.11. The smallest absolute Gasteiger partial charge is 0.113 e. The Morgan fingerprint density at radius 3 is 3.36 bits per heavy atom. The Hall–Kier alpha value is -1.25. The number of aromatic amines is 1. The highest BCUT2D eigenvalue weighted by atomic mass is 15.1. The Morgan fingerprint density at radius 1 is 1.64 bits per heavy atom. The lowest BCUT2D eigenvalue weighted by molar-refractivity contribution is 1.10. The van der Waals surface area contributed by atoms with Crippen molar-refractivity contribution in [2.75, 3.05) is 12.0 Å². The van der Waals surface area contributed by atoms with Crippen molar-refractivity contribution in [1.29, 1.82) is 0 Å². The first-order chi connectivity index (χ1) is 5.42. The van der Waals surface area contributed by atoms with Gasteiger partial charge in [-0.05, 0) is 12.0 Å². The molecule has 3 nitrogen and oxygen atoms in total. The van der Waals surface area contributed by atoms with E-state index in [1.165, 1.54) is 11.1 Å². The number of aryl methyl sites for hydroxylation is 1. The molecule has 0 amide bonds. The van der Waals surface area contributed by atoms with E-state index in [0.717, 1.165) is 12.2 Å². The van der Waals surface area contributed by atoms with E-state index in [4.69, 9.17) is 0 Å². The van der Waals surface area contributed by atoms with Gasteiger partial charge in [0.05, 0.1) is 0 Å². The summed E-state index contributed by atoms with van der Waals surface area (Å²) in [5.41, 5.74) is 2.55. The van der Waals surface area contributed by atoms with Crippen molar-refractivity contribution in [3.05, 3.63) is 17.3 Å². The predicted octanol–water partition coefficient (Wildman–Crippen LogP) is 1.38. The SMILES string of the molecule is CCc1c[nH]c2c1C=NCN2. The minimum atomic E-state index is 0.691. The van der Waals surface area contributed by atoms with E-state index in [-0.39, 0.29) is 0 Å². The van der Waals surface area contributed by atoms with Crippen LogP contribution in [-0.2, 0) is 6.42 Å². The zero-order valence-corrected chi connectivity index (χ0v) is 6.52. The van der Waals surface area contributed by atoms with Crippen LogP contribution in [0.15, 0.2) is 11.2 Å². The van der Waals surface area contributed by atoms with Gasteiger partial charge in [-0.1, -0.05) is 6.92 Å². The number of hydrogen-bond donors (Lipinski definition) is 2. The number of rotatable bonds is 1. The van der Waals surface area contributed by atoms with Gasteiger partial charge >= 0.3 is 0 Å². The van der Waals surface area contributed by atoms with Crippen LogP contribution in [0.3, 0.4) is 0 Å². The fourth-order valence-corrected chi connectivity index (χ4v) is 1.32. The molecule has 1 aliphatic rings. The first-order valence-corrected chi connectivity index (χ1v) is 3.85. The van der Waals surface area contributed by atoms with Crippen LogP contribution in [0.2, 0.25) is 0 Å². The summed E-state index contributed by atoms with van der Waals surface area (Å²) in [5, 5.41) is 3.16. The predicted molar refractivity (Wildman–Crippen MR) is 46.3 cm³/mol. The highest BCUT2D eigenvalue weighted by Gasteiger charge is 2.09. The highest BCUT2D eigenvalue weighted by molar-refractivity contribution is 5.90. The molecular weight excluding hydrogens is 138 g/mol. The molecular formula is C8H11N3. The lowest BCUT2D eigenvalue weighted by Crippen LogP contribution is -2.07. The van der Waals surface area contributed by atoms with Crippen molar-refractivity contribution in [1.82, 2.24) is 4.98 Å². The minimum absolute atomic E-state index is 0.691. The third-order valence-corrected chi connectivity index (χ3v) is 1.95. The van der Waals surface area contributed by atoms with Crippen molar-refractivity contribution < 1.29 is 0 Å². The van der Waals surface area contributed by atoms with E-state index in [1.807, 2.05) is 12.4 Å². The van der Waals surface area contributed by atoms with Crippen molar-refractivity contribution >= 4 is 12.0 Å². The minimum Gasteiger partial charge on any atom is -0.352 e. The standard InChI is InChI=1S/C8H11N3/c1-2-6-3-10-8-7(6)4-9-5-11-8/h3-4,10-11H,2,5H2,1H3. The average molecular weight is 149 g/mol. The first kappa shape index (κ1) is 6.46. The lowest BCUT2D eigenvalue weighted by atomic mass is 10.1. The van der Waals surface area contributed by atoms with Crippen LogP contribution in [0.25, 0.3) is 0 Å². The number of H-pyrrole nitrogens is 1. The zero-order chi connectivity index (χ0) is 7.68. The third-order valence-electron chi connectivity index (χ3n) is 1.95. The van der Waals surface area contributed by atoms with Gasteiger partial charge in [0, 0.05) is 18.0 Å². The van der Waals surface area contributed by atoms with Gasteiger partial charge in [0.15, 0.2) is 0 Å². The maximum Gasteiger partial charge on any atom is 0.113 e. The monoisotopic (exact) mass is 149 g/mol. The molecule has 0 atom stereocenters. The van der Waals surface area contributed by atoms with Gasteiger partial charge in [-0.3, -0.25) is 4.99 Å². The van der Waals surface area contributed by atoms with Gasteiger partial charge < -0.3 is 10.3 Å². The van der Waals surface area contributed by atoms with Crippen LogP contribution >= 0.6 is 0 Å². The van der Waals surface area contributed by atoms with Gasteiger partial charge in [0.25, 0.3) is 0 Å². The normalized spacial score (nSPS) is 14.3. The van der Waals surface area contributed by atoms with E-state index in [9.17, 15) is 0 Å². The van der Waals surface area contributed by atoms with Gasteiger partial charge in [0.1, 0.15) is 12.5 Å². The van der Waals surface area contributed by atoms with E-state index in [1.54, 1.807) is 0 Å². The van der Waals surface area contributed by atoms with Crippen molar-refractivity contribution in [3.8, 4) is 0 Å². The molecule has 0 spiro atoms. The molecule has 0 aromatic carbocycles. The Bertz CT molecular complexity index is 286. The number of aromatic nitrogens is 1. The van der Waals surface area contributed by atoms with Crippen LogP contribution in [0.1, 0.15) is 18.1 Å². The van der Waals surface area contributed by atoms with Crippen LogP contribution in [0, 0.1) is 0 Å². The van der Waals surface area contributed by atoms with Gasteiger partial charge in [-0.25, -0.2) is 0 Å². The number of aliphatic imine (C=N–C) groups is 1. The molecule has 0 saturated heterocycles. The fraction of sp³-hybridized carbons (Fsp3) is 0.375. The lowest BCUT2D eigenvalue weighted by Gasteiger charge is -2.07. The van der Waals surface area contributed by atoms with Crippen molar-refractivity contribution in [2.24, 2.45) is 4.99 Å². The summed E-state index contributed by atoms with van der Waals surface area (Å²) in [6, 6.07) is 0. The third kappa shape index (κ3) is 0.926. The fourth-order valence-electron chi connectivity index (χ4n) is 1.32. The van der Waals surface area contributed by atoms with Crippen LogP contribution in [0.5, 0.6) is 0 Å². The number of hydrogen-bond acceptors (Lipinski definition) is 2. The molecule has 1 aromatic rings. The van der Waals surface area contributed by atoms with Crippen LogP contribution < -0.4 is 5.32 Å². The van der Waals surface area contributed by atoms with E-state index in [0.29, 0.717) is 6.67 Å². The molecule has 2 rings (SSSR count). The highest BCUT2D eigenvalue weighted by Crippen LogP contribution is 2.19. The Morgan fingerprint density at radius 2 is 2.55 bits per heavy atom. The maximum atomic E-state index is 4.14. The molecule has 1 aliphatic heterocycles. The molecule has 0 radical (unpaired) electrons. The molecule has 0 bridgehead atoms. The Labute approximate surface area is 65.5 Å². The van der Waals surface area contributed by atoms with Gasteiger partial charge in [-0.2, -0.15) is 0 Å². The topological polar surface area (TPSA) is 40.2 Å². The molecule has 3 heteroatoms. The molecule has 58 valence electrons. The summed E-state index contributed by atoms with van der Waals surface area (Å²) >= 11 is 0. The summed E-state index contributed by atoms with van der Waals surface area (Å²) in [6.45, 7) is 2.84. The van der Waals surface area contributed by atoms with Crippen LogP contribution in [0.4, 0.5) is 5.82 Å². The quantitative estimate of drug-likeness (QED) is 0.622. The summed E-state index contributed by atoms with van der Waals surface area (Å²) < 4.78 is 0. The van der Waals surface area contributed by atoms with E-state index in [2.05, 4.69) is 22.2 Å². The van der Waals surface area contributed by atoms with Crippen LogP contribution in [-0.4, -0.2) is 17.9 Å². The number of nitrogens with one attached hydrogen (secondary N) is 2. The molecule has 11 heavy (non-hydrogen) atoms. The Balaban J connectivity index is 2.48. The largest absolute Gasteiger partial charge is 0.352 e. The van der Waals surface area contributed by atoms with E-state index < -0.39 is 0 Å². The summed E-state index contributed by atoms with van der Waals surface area (Å²) in [6.07, 6.45) is 5.02. The summed E-state index contributed by atoms with van der Waals surface area (Å²) in [4.78, 5) is 7.32. The van der Waals surface area contributed by atoms with Crippen molar-refractivity contribution in [2.45, 2.75) is 13.3 Å². The average Bonchev–Trinajstić information content (AvgIpc) is 2.47. The molecule has 2 N–H and O–H groups in total. The second-order valence-electron chi connectivity index (χ2n) is 2.60. The first-order valence-electron chi connectivity index (χ1n) is 3.85. The second-order valence-corrected chi connectivity index (χ2v) is 2.60. The Kier molecular flexibility index (Phi) is 1.42.